The van der Waals surface area contributed by atoms with Crippen LogP contribution in [0.25, 0.3) is 0 Å². The fraction of sp³-hybridized carbons (Fsp3) is 0.600. The minimum atomic E-state index is -0.744. The van der Waals surface area contributed by atoms with Crippen LogP contribution in [0.4, 0.5) is 0 Å². The van der Waals surface area contributed by atoms with Gasteiger partial charge >= 0.3 is 5.97 Å². The molecule has 0 saturated heterocycles. The van der Waals surface area contributed by atoms with Crippen molar-refractivity contribution in [2.45, 2.75) is 20.4 Å². The Kier molecular flexibility index (Phi) is 4.71. The second-order valence-electron chi connectivity index (χ2n) is 3.55. The molecule has 0 saturated carbocycles. The van der Waals surface area contributed by atoms with E-state index in [0.29, 0.717) is 6.54 Å². The first kappa shape index (κ1) is 12.1. The molecule has 1 heterocycles. The maximum Gasteiger partial charge on any atom is 0.307 e. The van der Waals surface area contributed by atoms with Gasteiger partial charge in [0.1, 0.15) is 0 Å². The van der Waals surface area contributed by atoms with Gasteiger partial charge in [0.15, 0.2) is 0 Å². The van der Waals surface area contributed by atoms with Gasteiger partial charge in [-0.15, -0.1) is 11.3 Å². The molecule has 1 atom stereocenters. The number of rotatable bonds is 6. The molecule has 0 aliphatic rings. The molecule has 0 aromatic carbocycles. The number of hydrogen-bond acceptors (Lipinski definition) is 4. The number of carboxylic acids is 1. The van der Waals surface area contributed by atoms with Crippen LogP contribution in [-0.2, 0) is 11.3 Å². The molecule has 1 unspecified atom stereocenters. The number of carbonyl (C=O) groups is 1. The van der Waals surface area contributed by atoms with Gasteiger partial charge in [-0.05, 0) is 6.54 Å². The van der Waals surface area contributed by atoms with Gasteiger partial charge in [-0.25, -0.2) is 4.98 Å². The first-order valence-electron chi connectivity index (χ1n) is 4.95. The lowest BCUT2D eigenvalue weighted by atomic mass is 10.1. The molecule has 0 aliphatic carbocycles. The zero-order valence-corrected chi connectivity index (χ0v) is 9.83. The summed E-state index contributed by atoms with van der Waals surface area (Å²) in [5, 5.41) is 10.8. The third-order valence-corrected chi connectivity index (χ3v) is 2.91. The van der Waals surface area contributed by atoms with Crippen molar-refractivity contribution in [1.29, 1.82) is 0 Å². The summed E-state index contributed by atoms with van der Waals surface area (Å²) >= 11 is 1.56. The van der Waals surface area contributed by atoms with Crippen LogP contribution >= 0.6 is 11.3 Å². The van der Waals surface area contributed by atoms with Gasteiger partial charge in [0.2, 0.25) is 0 Å². The minimum absolute atomic E-state index is 0.330. The molecule has 5 heteroatoms. The Hall–Kier alpha value is -0.940. The van der Waals surface area contributed by atoms with Crippen LogP contribution in [0, 0.1) is 5.92 Å². The highest BCUT2D eigenvalue weighted by Crippen LogP contribution is 2.07. The molecule has 0 aliphatic heterocycles. The van der Waals surface area contributed by atoms with E-state index in [2.05, 4.69) is 9.88 Å². The number of hydrogen-bond donors (Lipinski definition) is 1. The topological polar surface area (TPSA) is 53.4 Å². The van der Waals surface area contributed by atoms with Crippen molar-refractivity contribution in [3.63, 3.8) is 0 Å². The molecule has 1 rings (SSSR count). The molecule has 1 aromatic rings. The van der Waals surface area contributed by atoms with Crippen molar-refractivity contribution < 1.29 is 9.90 Å². The minimum Gasteiger partial charge on any atom is -0.481 e. The molecule has 0 radical (unpaired) electrons. The van der Waals surface area contributed by atoms with Crippen molar-refractivity contribution in [1.82, 2.24) is 9.88 Å². The van der Waals surface area contributed by atoms with E-state index in [4.69, 9.17) is 5.11 Å². The fourth-order valence-corrected chi connectivity index (χ4v) is 1.87. The van der Waals surface area contributed by atoms with E-state index in [1.807, 2.05) is 12.3 Å². The Bertz CT molecular complexity index is 300. The quantitative estimate of drug-likeness (QED) is 0.805. The molecule has 0 fully saturated rings. The molecule has 0 amide bonds. The van der Waals surface area contributed by atoms with E-state index >= 15 is 0 Å². The molecular weight excluding hydrogens is 212 g/mol. The van der Waals surface area contributed by atoms with Crippen molar-refractivity contribution in [3.05, 3.63) is 16.6 Å². The molecule has 0 spiro atoms. The molecular formula is C10H16N2O2S. The van der Waals surface area contributed by atoms with Gasteiger partial charge in [-0.2, -0.15) is 0 Å². The van der Waals surface area contributed by atoms with E-state index in [-0.39, 0.29) is 5.92 Å². The molecule has 1 aromatic heterocycles. The Morgan fingerprint density at radius 3 is 2.93 bits per heavy atom. The van der Waals surface area contributed by atoms with Crippen LogP contribution in [0.3, 0.4) is 0 Å². The molecule has 1 N–H and O–H groups in total. The second kappa shape index (κ2) is 5.82. The van der Waals surface area contributed by atoms with Crippen LogP contribution in [-0.4, -0.2) is 34.0 Å². The van der Waals surface area contributed by atoms with Gasteiger partial charge in [-0.3, -0.25) is 9.69 Å². The van der Waals surface area contributed by atoms with E-state index < -0.39 is 5.97 Å². The van der Waals surface area contributed by atoms with Crippen molar-refractivity contribution >= 4 is 17.3 Å². The lowest BCUT2D eigenvalue weighted by Gasteiger charge is -2.21. The van der Waals surface area contributed by atoms with Gasteiger partial charge in [-0.1, -0.05) is 13.8 Å². The van der Waals surface area contributed by atoms with Crippen LogP contribution in [0.5, 0.6) is 0 Å². The van der Waals surface area contributed by atoms with E-state index in [9.17, 15) is 4.79 Å². The van der Waals surface area contributed by atoms with Crippen molar-refractivity contribution in [2.24, 2.45) is 5.92 Å². The first-order valence-corrected chi connectivity index (χ1v) is 5.90. The number of nitrogens with zero attached hydrogens (tertiary/aromatic N) is 2. The van der Waals surface area contributed by atoms with E-state index in [0.717, 1.165) is 18.8 Å². The maximum absolute atomic E-state index is 10.7. The van der Waals surface area contributed by atoms with Crippen LogP contribution in [0.2, 0.25) is 0 Å². The number of carboxylic acid groups (broad SMARTS) is 1. The molecule has 15 heavy (non-hydrogen) atoms. The van der Waals surface area contributed by atoms with Crippen LogP contribution < -0.4 is 0 Å². The van der Waals surface area contributed by atoms with Crippen molar-refractivity contribution in [2.75, 3.05) is 13.1 Å². The third-order valence-electron chi connectivity index (χ3n) is 2.27. The van der Waals surface area contributed by atoms with Crippen LogP contribution in [0.1, 0.15) is 19.5 Å². The standard InChI is InChI=1S/C10H16N2O2S/c1-3-12(4-8(2)10(13)14)5-9-6-15-7-11-9/h6-8H,3-5H2,1-2H3,(H,13,14). The maximum atomic E-state index is 10.7. The summed E-state index contributed by atoms with van der Waals surface area (Å²) in [5.41, 5.74) is 2.81. The summed E-state index contributed by atoms with van der Waals surface area (Å²) < 4.78 is 0. The van der Waals surface area contributed by atoms with Gasteiger partial charge in [0.05, 0.1) is 17.1 Å². The average molecular weight is 228 g/mol. The monoisotopic (exact) mass is 228 g/mol. The molecule has 0 bridgehead atoms. The summed E-state index contributed by atoms with van der Waals surface area (Å²) in [4.78, 5) is 17.0. The normalized spacial score (nSPS) is 13.0. The lowest BCUT2D eigenvalue weighted by molar-refractivity contribution is -0.141. The fourth-order valence-electron chi connectivity index (χ4n) is 1.32. The zero-order valence-electron chi connectivity index (χ0n) is 9.01. The van der Waals surface area contributed by atoms with Crippen LogP contribution in [0.15, 0.2) is 10.9 Å². The highest BCUT2D eigenvalue weighted by molar-refractivity contribution is 7.07. The Balaban J connectivity index is 2.46. The molecule has 4 nitrogen and oxygen atoms in total. The summed E-state index contributed by atoms with van der Waals surface area (Å²) in [6, 6.07) is 0. The average Bonchev–Trinajstić information content (AvgIpc) is 2.69. The van der Waals surface area contributed by atoms with Gasteiger partial charge in [0, 0.05) is 18.5 Å². The largest absolute Gasteiger partial charge is 0.481 e. The SMILES string of the molecule is CCN(Cc1cscn1)CC(C)C(=O)O. The van der Waals surface area contributed by atoms with Gasteiger partial charge < -0.3 is 5.11 Å². The summed E-state index contributed by atoms with van der Waals surface area (Å²) in [7, 11) is 0. The summed E-state index contributed by atoms with van der Waals surface area (Å²) in [6.07, 6.45) is 0. The second-order valence-corrected chi connectivity index (χ2v) is 4.27. The third kappa shape index (κ3) is 3.97. The van der Waals surface area contributed by atoms with Gasteiger partial charge in [0.25, 0.3) is 0 Å². The first-order chi connectivity index (χ1) is 7.13. The number of aliphatic carboxylic acids is 1. The smallest absolute Gasteiger partial charge is 0.307 e. The number of thiazole rings is 1. The number of aromatic nitrogens is 1. The van der Waals surface area contributed by atoms with E-state index in [1.165, 1.54) is 0 Å². The highest BCUT2D eigenvalue weighted by Gasteiger charge is 2.15. The summed E-state index contributed by atoms with van der Waals surface area (Å²) in [5.74, 6) is -1.07. The Morgan fingerprint density at radius 2 is 2.47 bits per heavy atom. The predicted octanol–water partition coefficient (Wildman–Crippen LogP) is 1.69. The van der Waals surface area contributed by atoms with Crippen molar-refractivity contribution in [3.8, 4) is 0 Å². The zero-order chi connectivity index (χ0) is 11.3. The van der Waals surface area contributed by atoms with E-state index in [1.54, 1.807) is 23.8 Å². The lowest BCUT2D eigenvalue weighted by Crippen LogP contribution is -2.31. The summed E-state index contributed by atoms with van der Waals surface area (Å²) in [6.45, 7) is 5.91. The highest BCUT2D eigenvalue weighted by atomic mass is 32.1. The molecule has 84 valence electrons. The Morgan fingerprint density at radius 1 is 1.73 bits per heavy atom. The predicted molar refractivity (Wildman–Crippen MR) is 59.9 cm³/mol. The Labute approximate surface area is 93.6 Å².